The number of alkyl carbamates (subject to hydrolysis) is 2. The topological polar surface area (TPSA) is 440 Å². The number of amides is 11. The maximum atomic E-state index is 14.6. The molecule has 4 aromatic carbocycles. The van der Waals surface area contributed by atoms with Gasteiger partial charge in [0.25, 0.3) is 23.6 Å². The second kappa shape index (κ2) is 40.4. The maximum absolute atomic E-state index is 14.6. The van der Waals surface area contributed by atoms with Gasteiger partial charge < -0.3 is 94.8 Å². The van der Waals surface area contributed by atoms with Crippen molar-refractivity contribution in [1.29, 1.82) is 0 Å². The number of alkyl halides is 1. The first-order chi connectivity index (χ1) is 53.0. The summed E-state index contributed by atoms with van der Waals surface area (Å²) in [6.45, 7) is 5.48. The highest BCUT2D eigenvalue weighted by Crippen LogP contribution is 2.47. The Balaban J connectivity index is 0.729. The van der Waals surface area contributed by atoms with Crippen LogP contribution < -0.4 is 42.0 Å². The van der Waals surface area contributed by atoms with Gasteiger partial charge in [0, 0.05) is 111 Å². The number of phenolic OH excluding ortho intramolecular Hbond substituents is 1. The van der Waals surface area contributed by atoms with Crippen molar-refractivity contribution in [1.82, 2.24) is 55.0 Å². The number of aliphatic hydroxyl groups is 1. The zero-order chi connectivity index (χ0) is 78.8. The molecule has 0 saturated carbocycles. The smallest absolute Gasteiger partial charge is 0.415 e. The number of ether oxygens (including phenoxy) is 7. The second-order valence-electron chi connectivity index (χ2n) is 25.9. The number of aryl methyl sites for hydroxylation is 1. The maximum Gasteiger partial charge on any atom is 0.415 e. The molecule has 0 fully saturated rings. The summed E-state index contributed by atoms with van der Waals surface area (Å²) < 4.78 is 41.8. The van der Waals surface area contributed by atoms with Gasteiger partial charge in [-0.05, 0) is 96.3 Å². The summed E-state index contributed by atoms with van der Waals surface area (Å²) in [6, 6.07) is 20.9. The summed E-state index contributed by atoms with van der Waals surface area (Å²) in [5.41, 5.74) is 9.94. The fraction of sp³-hybridized carbons (Fsp3) is 0.405. The van der Waals surface area contributed by atoms with Gasteiger partial charge in [-0.1, -0.05) is 49.4 Å². The number of ketones is 1. The summed E-state index contributed by atoms with van der Waals surface area (Å²) in [4.78, 5) is 153. The molecule has 0 spiro atoms. The molecule has 7 aromatic rings. The summed E-state index contributed by atoms with van der Waals surface area (Å²) in [5.74, 6) is -4.04. The number of anilines is 3. The van der Waals surface area contributed by atoms with Crippen molar-refractivity contribution in [2.45, 2.75) is 71.7 Å². The van der Waals surface area contributed by atoms with E-state index < -0.39 is 83.6 Å². The molecule has 5 heterocycles. The van der Waals surface area contributed by atoms with E-state index in [9.17, 15) is 63.0 Å². The number of nitrogens with zero attached hydrogens (tertiary/aromatic N) is 9. The molecular formula is C74H88ClN15O20. The predicted octanol–water partition coefficient (Wildman–Crippen LogP) is 6.00. The number of imide groups is 1. The molecule has 11 amide bonds. The number of imidazole rings is 1. The third kappa shape index (κ3) is 23.4. The molecule has 0 bridgehead atoms. The molecule has 3 atom stereocenters. The number of phenols is 1. The number of nitrogens with one attached hydrogen (secondary N) is 5. The van der Waals surface area contributed by atoms with E-state index in [1.807, 2.05) is 25.1 Å². The van der Waals surface area contributed by atoms with Crippen LogP contribution in [0.2, 0.25) is 0 Å². The summed E-state index contributed by atoms with van der Waals surface area (Å²) in [5, 5.41) is 41.7. The number of pyridine rings is 1. The zero-order valence-electron chi connectivity index (χ0n) is 61.1. The third-order valence-electron chi connectivity index (χ3n) is 17.6. The Morgan fingerprint density at radius 3 is 2.17 bits per heavy atom. The summed E-state index contributed by atoms with van der Waals surface area (Å²) in [7, 11) is 1.49. The highest BCUT2D eigenvalue weighted by atomic mass is 35.5. The van der Waals surface area contributed by atoms with E-state index >= 15 is 0 Å². The van der Waals surface area contributed by atoms with Gasteiger partial charge in [0.2, 0.25) is 5.91 Å². The number of urea groups is 1. The average Bonchev–Trinajstić information content (AvgIpc) is 1.49. The highest BCUT2D eigenvalue weighted by molar-refractivity contribution is 6.19. The Morgan fingerprint density at radius 1 is 0.755 bits per heavy atom. The van der Waals surface area contributed by atoms with Gasteiger partial charge in [-0.3, -0.25) is 33.7 Å². The average molecular weight is 1540 g/mol. The van der Waals surface area contributed by atoms with Crippen LogP contribution in [-0.4, -0.2) is 233 Å². The van der Waals surface area contributed by atoms with Gasteiger partial charge in [0.05, 0.1) is 89.5 Å². The number of fused-ring (bicyclic) bond motifs is 4. The van der Waals surface area contributed by atoms with Crippen molar-refractivity contribution in [2.24, 2.45) is 17.6 Å². The van der Waals surface area contributed by atoms with Crippen LogP contribution in [0.1, 0.15) is 82.3 Å². The molecule has 0 unspecified atom stereocenters. The molecule has 0 saturated heterocycles. The lowest BCUT2D eigenvalue weighted by Gasteiger charge is -2.26. The molecule has 110 heavy (non-hydrogen) atoms. The Kier molecular flexibility index (Phi) is 30.2. The van der Waals surface area contributed by atoms with Crippen molar-refractivity contribution in [3.63, 3.8) is 0 Å². The number of Topliss-reactive ketones (excluding diaryl/α,β-unsaturated/α-hetero) is 1. The Hall–Kier alpha value is -11.8. The molecule has 586 valence electrons. The second-order valence-corrected chi connectivity index (χ2v) is 26.2. The molecule has 0 aliphatic carbocycles. The summed E-state index contributed by atoms with van der Waals surface area (Å²) >= 11 is 6.66. The number of carbonyl (C=O) groups excluding carboxylic acids is 11. The monoisotopic (exact) mass is 1540 g/mol. The SMILES string of the molecule is Cc1cccc2c(OC(=O)N(CCOCCO)CCN(C)C(=O)OCc3ccc(NC(=O)[C@H](CCCNC(N)=O)CC(=O)[C@@H](NC(=O)OCCOCCn4cc(CNC(=O)OCCOCCN5C(=O)C=CC5=O)nn4)C(C)C)cc3)cc3c(c12)[C@H](CCl)CN3C(=O)c1cn2cc(NC(=O)c3ccc(O)cc3)ccc2n1. The number of carbonyl (C=O) groups is 11. The first-order valence-corrected chi connectivity index (χ1v) is 35.9. The number of halogens is 1. The number of primary amides is 1. The van der Waals surface area contributed by atoms with Crippen LogP contribution in [-0.2, 0) is 67.3 Å². The molecule has 2 aliphatic heterocycles. The molecular weight excluding hydrogens is 1450 g/mol. The predicted molar refractivity (Wildman–Crippen MR) is 397 cm³/mol. The van der Waals surface area contributed by atoms with E-state index in [1.54, 1.807) is 84.2 Å². The molecule has 9 N–H and O–H groups in total. The lowest BCUT2D eigenvalue weighted by atomic mass is 9.89. The van der Waals surface area contributed by atoms with Gasteiger partial charge in [-0.25, -0.2) is 33.6 Å². The largest absolute Gasteiger partial charge is 0.508 e. The van der Waals surface area contributed by atoms with Crippen LogP contribution >= 0.6 is 11.6 Å². The molecule has 3 aromatic heterocycles. The van der Waals surface area contributed by atoms with Crippen molar-refractivity contribution in [2.75, 3.05) is 127 Å². The van der Waals surface area contributed by atoms with Gasteiger partial charge in [-0.2, -0.15) is 0 Å². The van der Waals surface area contributed by atoms with E-state index in [0.29, 0.717) is 44.9 Å². The molecule has 2 aliphatic rings. The Bertz CT molecular complexity index is 4440. The highest BCUT2D eigenvalue weighted by Gasteiger charge is 2.38. The lowest BCUT2D eigenvalue weighted by molar-refractivity contribution is -0.137. The Morgan fingerprint density at radius 2 is 1.46 bits per heavy atom. The van der Waals surface area contributed by atoms with Gasteiger partial charge >= 0.3 is 30.4 Å². The Labute approximate surface area is 636 Å². The number of benzene rings is 4. The molecule has 9 rings (SSSR count). The van der Waals surface area contributed by atoms with Crippen molar-refractivity contribution in [3.8, 4) is 11.5 Å². The molecule has 35 nitrogen and oxygen atoms in total. The molecule has 36 heteroatoms. The van der Waals surface area contributed by atoms with Crippen molar-refractivity contribution in [3.05, 3.63) is 149 Å². The first kappa shape index (κ1) is 82.3. The van der Waals surface area contributed by atoms with E-state index in [0.717, 1.165) is 21.4 Å². The number of nitrogens with two attached hydrogens (primary N) is 1. The lowest BCUT2D eigenvalue weighted by Crippen LogP contribution is -2.46. The fourth-order valence-electron chi connectivity index (χ4n) is 11.9. The van der Waals surface area contributed by atoms with E-state index in [4.69, 9.17) is 50.5 Å². The quantitative estimate of drug-likeness (QED) is 0.00944. The number of hydrogen-bond acceptors (Lipinski definition) is 23. The van der Waals surface area contributed by atoms with Crippen LogP contribution in [0.3, 0.4) is 0 Å². The van der Waals surface area contributed by atoms with Crippen LogP contribution in [0, 0.1) is 18.8 Å². The summed E-state index contributed by atoms with van der Waals surface area (Å²) in [6.07, 6.45) is 4.09. The van der Waals surface area contributed by atoms with Gasteiger partial charge in [-0.15, -0.1) is 16.7 Å². The third-order valence-corrected chi connectivity index (χ3v) is 18.0. The minimum Gasteiger partial charge on any atom is -0.508 e. The standard InChI is InChI=1S/C74H88ClN15O20/c1-46(2)66(82-72(101)108-36-34-105-30-26-88-43-54(83-84-88)40-78-71(100)107-35-33-106-31-27-89-62(94)20-21-63(89)95)59(93)37-50(8-6-22-77-70(76)99)68(97)79-52-14-10-48(11-15-52)45-109-73(102)85(4)23-24-86(25-29-104-32-28-91)74(103)110-60-38-58-65(64-47(3)7-5-9-56(60)64)51(39-75)41-90(58)69(98)57-44-87-42-53(16-19-61(87)81-57)80-67(96)49-12-17-55(92)18-13-49/h5,7,9-21,38,42-44,46,50-51,66,91-92H,6,8,22-37,39-41,45H2,1-4H3,(H,78,100)(H,79,97)(H,80,96)(H,82,101)(H3,76,77,99)/t50-,51-,66+/m1/s1. The molecule has 0 radical (unpaired) electrons. The number of likely N-dealkylation sites (N-methyl/N-ethyl adjacent to an activating group) is 1. The van der Waals surface area contributed by atoms with Crippen molar-refractivity contribution >= 4 is 111 Å². The van der Waals surface area contributed by atoms with Crippen LogP contribution in [0.25, 0.3) is 16.4 Å². The van der Waals surface area contributed by atoms with E-state index in [-0.39, 0.29) is 167 Å². The number of aromatic hydroxyl groups is 1. The van der Waals surface area contributed by atoms with E-state index in [2.05, 4.69) is 41.9 Å². The van der Waals surface area contributed by atoms with Crippen LogP contribution in [0.15, 0.2) is 116 Å². The number of rotatable bonds is 40. The zero-order valence-corrected chi connectivity index (χ0v) is 61.8. The van der Waals surface area contributed by atoms with E-state index in [1.165, 1.54) is 57.9 Å². The normalized spacial score (nSPS) is 13.6. The number of aromatic nitrogens is 5. The number of hydrogen-bond donors (Lipinski definition) is 8. The minimum absolute atomic E-state index is 0.0000697. The minimum atomic E-state index is -1.05. The number of aliphatic hydroxyl groups excluding tert-OH is 1. The van der Waals surface area contributed by atoms with Gasteiger partial charge in [0.15, 0.2) is 5.78 Å². The van der Waals surface area contributed by atoms with Crippen molar-refractivity contribution < 1.29 is 96.1 Å². The van der Waals surface area contributed by atoms with Crippen LogP contribution in [0.4, 0.5) is 41.0 Å². The van der Waals surface area contributed by atoms with Gasteiger partial charge in [0.1, 0.15) is 48.4 Å². The first-order valence-electron chi connectivity index (χ1n) is 35.4. The van der Waals surface area contributed by atoms with Crippen LogP contribution in [0.5, 0.6) is 11.5 Å². The fourth-order valence-corrected chi connectivity index (χ4v) is 12.1.